The van der Waals surface area contributed by atoms with Crippen molar-refractivity contribution in [3.8, 4) is 0 Å². The molecule has 17 heavy (non-hydrogen) atoms. The van der Waals surface area contributed by atoms with Crippen molar-refractivity contribution in [2.24, 2.45) is 0 Å². The van der Waals surface area contributed by atoms with E-state index in [4.69, 9.17) is 5.11 Å². The molecule has 6 nitrogen and oxygen atoms in total. The molecule has 1 heterocycles. The third-order valence-corrected chi connectivity index (χ3v) is 2.80. The summed E-state index contributed by atoms with van der Waals surface area (Å²) in [6.07, 6.45) is 3.33. The van der Waals surface area contributed by atoms with Crippen molar-refractivity contribution in [2.75, 3.05) is 19.6 Å². The maximum atomic E-state index is 11.9. The Morgan fingerprint density at radius 2 is 1.88 bits per heavy atom. The molecule has 0 aromatic carbocycles. The Balaban J connectivity index is 2.49. The summed E-state index contributed by atoms with van der Waals surface area (Å²) < 4.78 is 0. The molecular formula is C11H21N3O3. The molecule has 0 spiro atoms. The second kappa shape index (κ2) is 6.44. The molecule has 2 amide bonds. The number of hydrogen-bond donors (Lipinski definition) is 2. The molecule has 0 saturated carbocycles. The first-order valence-electron chi connectivity index (χ1n) is 6.04. The lowest BCUT2D eigenvalue weighted by atomic mass is 10.2. The second-order valence-electron chi connectivity index (χ2n) is 4.58. The highest BCUT2D eigenvalue weighted by Gasteiger charge is 2.22. The van der Waals surface area contributed by atoms with Crippen molar-refractivity contribution in [3.05, 3.63) is 0 Å². The van der Waals surface area contributed by atoms with Gasteiger partial charge in [-0.05, 0) is 26.7 Å². The number of rotatable bonds is 4. The molecule has 0 unspecified atom stereocenters. The van der Waals surface area contributed by atoms with Crippen LogP contribution in [-0.2, 0) is 4.79 Å². The fourth-order valence-corrected chi connectivity index (χ4v) is 1.84. The van der Waals surface area contributed by atoms with E-state index < -0.39 is 5.97 Å². The molecule has 1 fully saturated rings. The summed E-state index contributed by atoms with van der Waals surface area (Å²) in [6.45, 7) is 5.02. The minimum atomic E-state index is -0.993. The van der Waals surface area contributed by atoms with E-state index >= 15 is 0 Å². The van der Waals surface area contributed by atoms with Crippen molar-refractivity contribution < 1.29 is 14.7 Å². The molecule has 1 saturated heterocycles. The van der Waals surface area contributed by atoms with Crippen LogP contribution in [0.2, 0.25) is 0 Å². The Labute approximate surface area is 102 Å². The van der Waals surface area contributed by atoms with Gasteiger partial charge >= 0.3 is 12.0 Å². The number of hydrazine groups is 1. The van der Waals surface area contributed by atoms with Crippen LogP contribution in [0.15, 0.2) is 0 Å². The zero-order valence-electron chi connectivity index (χ0n) is 10.5. The Hall–Kier alpha value is -1.30. The minimum Gasteiger partial charge on any atom is -0.480 e. The van der Waals surface area contributed by atoms with E-state index in [1.54, 1.807) is 13.8 Å². The predicted molar refractivity (Wildman–Crippen MR) is 63.4 cm³/mol. The summed E-state index contributed by atoms with van der Waals surface area (Å²) in [5.74, 6) is -0.993. The van der Waals surface area contributed by atoms with Gasteiger partial charge in [-0.25, -0.2) is 9.80 Å². The Morgan fingerprint density at radius 3 is 2.35 bits per heavy atom. The van der Waals surface area contributed by atoms with Crippen LogP contribution in [0.25, 0.3) is 0 Å². The van der Waals surface area contributed by atoms with Gasteiger partial charge in [0.2, 0.25) is 0 Å². The SMILES string of the molecule is CC(C)N(CC(=O)O)C(=O)NN1CCCCC1. The van der Waals surface area contributed by atoms with E-state index in [0.717, 1.165) is 25.9 Å². The van der Waals surface area contributed by atoms with Crippen molar-refractivity contribution >= 4 is 12.0 Å². The van der Waals surface area contributed by atoms with E-state index in [9.17, 15) is 9.59 Å². The first kappa shape index (κ1) is 13.8. The van der Waals surface area contributed by atoms with E-state index in [1.165, 1.54) is 11.3 Å². The van der Waals surface area contributed by atoms with Crippen LogP contribution in [-0.4, -0.2) is 52.7 Å². The quantitative estimate of drug-likeness (QED) is 0.769. The zero-order chi connectivity index (χ0) is 12.8. The number of piperidine rings is 1. The van der Waals surface area contributed by atoms with Crippen LogP contribution in [0.5, 0.6) is 0 Å². The molecule has 0 aromatic heterocycles. The van der Waals surface area contributed by atoms with Crippen molar-refractivity contribution in [2.45, 2.75) is 39.2 Å². The molecule has 0 bridgehead atoms. The van der Waals surface area contributed by atoms with Gasteiger partial charge in [0.15, 0.2) is 0 Å². The van der Waals surface area contributed by atoms with Crippen LogP contribution < -0.4 is 5.43 Å². The van der Waals surface area contributed by atoms with Crippen LogP contribution in [0.1, 0.15) is 33.1 Å². The van der Waals surface area contributed by atoms with E-state index in [2.05, 4.69) is 5.43 Å². The minimum absolute atomic E-state index is 0.129. The fourth-order valence-electron chi connectivity index (χ4n) is 1.84. The van der Waals surface area contributed by atoms with Gasteiger partial charge in [-0.15, -0.1) is 0 Å². The normalized spacial score (nSPS) is 16.9. The Bertz CT molecular complexity index is 275. The van der Waals surface area contributed by atoms with Crippen molar-refractivity contribution in [1.82, 2.24) is 15.3 Å². The summed E-state index contributed by atoms with van der Waals surface area (Å²) in [6, 6.07) is -0.458. The highest BCUT2D eigenvalue weighted by molar-refractivity contribution is 5.80. The fraction of sp³-hybridized carbons (Fsp3) is 0.818. The molecule has 0 aliphatic carbocycles. The standard InChI is InChI=1S/C11H21N3O3/c1-9(2)14(8-10(15)16)11(17)12-13-6-4-3-5-7-13/h9H,3-8H2,1-2H3,(H,12,17)(H,15,16). The van der Waals surface area contributed by atoms with Gasteiger partial charge in [0, 0.05) is 19.1 Å². The highest BCUT2D eigenvalue weighted by Crippen LogP contribution is 2.07. The van der Waals surface area contributed by atoms with E-state index in [0.29, 0.717) is 0 Å². The number of amides is 2. The predicted octanol–water partition coefficient (Wildman–Crippen LogP) is 0.892. The number of carbonyl (C=O) groups excluding carboxylic acids is 1. The smallest absolute Gasteiger partial charge is 0.332 e. The van der Waals surface area contributed by atoms with Gasteiger partial charge in [0.25, 0.3) is 0 Å². The number of hydrogen-bond acceptors (Lipinski definition) is 3. The third-order valence-electron chi connectivity index (χ3n) is 2.80. The molecule has 1 rings (SSSR count). The number of carboxylic acids is 1. The molecular weight excluding hydrogens is 222 g/mol. The number of urea groups is 1. The Kier molecular flexibility index (Phi) is 5.21. The maximum absolute atomic E-state index is 11.9. The second-order valence-corrected chi connectivity index (χ2v) is 4.58. The lowest BCUT2D eigenvalue weighted by molar-refractivity contribution is -0.138. The summed E-state index contributed by atoms with van der Waals surface area (Å²) in [4.78, 5) is 23.9. The summed E-state index contributed by atoms with van der Waals surface area (Å²) in [5.41, 5.74) is 2.76. The molecule has 0 aromatic rings. The third kappa shape index (κ3) is 4.60. The Morgan fingerprint density at radius 1 is 1.29 bits per heavy atom. The van der Waals surface area contributed by atoms with Gasteiger partial charge < -0.3 is 10.0 Å². The first-order valence-corrected chi connectivity index (χ1v) is 6.04. The first-order chi connectivity index (χ1) is 8.00. The van der Waals surface area contributed by atoms with E-state index in [-0.39, 0.29) is 18.6 Å². The average Bonchev–Trinajstić information content (AvgIpc) is 2.26. The van der Waals surface area contributed by atoms with Gasteiger partial charge in [-0.3, -0.25) is 10.2 Å². The molecule has 98 valence electrons. The number of carbonyl (C=O) groups is 2. The molecule has 2 N–H and O–H groups in total. The molecule has 1 aliphatic heterocycles. The number of aliphatic carboxylic acids is 1. The number of nitrogens with one attached hydrogen (secondary N) is 1. The molecule has 1 aliphatic rings. The van der Waals surface area contributed by atoms with Crippen LogP contribution in [0, 0.1) is 0 Å². The highest BCUT2D eigenvalue weighted by atomic mass is 16.4. The molecule has 6 heteroatoms. The summed E-state index contributed by atoms with van der Waals surface area (Å²) in [7, 11) is 0. The van der Waals surface area contributed by atoms with Crippen molar-refractivity contribution in [3.63, 3.8) is 0 Å². The number of carboxylic acid groups (broad SMARTS) is 1. The van der Waals surface area contributed by atoms with Crippen molar-refractivity contribution in [1.29, 1.82) is 0 Å². The van der Waals surface area contributed by atoms with Crippen LogP contribution >= 0.6 is 0 Å². The van der Waals surface area contributed by atoms with Gasteiger partial charge in [0.1, 0.15) is 6.54 Å². The van der Waals surface area contributed by atoms with E-state index in [1.807, 2.05) is 5.01 Å². The monoisotopic (exact) mass is 243 g/mol. The average molecular weight is 243 g/mol. The summed E-state index contributed by atoms with van der Waals surface area (Å²) >= 11 is 0. The summed E-state index contributed by atoms with van der Waals surface area (Å²) in [5, 5.41) is 10.6. The largest absolute Gasteiger partial charge is 0.480 e. The van der Waals surface area contributed by atoms with Gasteiger partial charge in [0.05, 0.1) is 0 Å². The topological polar surface area (TPSA) is 72.9 Å². The number of nitrogens with zero attached hydrogens (tertiary/aromatic N) is 2. The van der Waals surface area contributed by atoms with Crippen LogP contribution in [0.3, 0.4) is 0 Å². The van der Waals surface area contributed by atoms with Gasteiger partial charge in [-0.2, -0.15) is 0 Å². The molecule has 0 atom stereocenters. The van der Waals surface area contributed by atoms with Gasteiger partial charge in [-0.1, -0.05) is 6.42 Å². The lowest BCUT2D eigenvalue weighted by Crippen LogP contribution is -2.53. The zero-order valence-corrected chi connectivity index (χ0v) is 10.5. The molecule has 0 radical (unpaired) electrons. The lowest BCUT2D eigenvalue weighted by Gasteiger charge is -2.31. The maximum Gasteiger partial charge on any atom is 0.332 e. The van der Waals surface area contributed by atoms with Crippen LogP contribution in [0.4, 0.5) is 4.79 Å².